The third-order valence-electron chi connectivity index (χ3n) is 2.94. The van der Waals surface area contributed by atoms with Gasteiger partial charge < -0.3 is 14.8 Å². The summed E-state index contributed by atoms with van der Waals surface area (Å²) in [6, 6.07) is 5.21. The van der Waals surface area contributed by atoms with Crippen molar-refractivity contribution in [2.75, 3.05) is 20.2 Å². The highest BCUT2D eigenvalue weighted by molar-refractivity contribution is 5.44. The maximum absolute atomic E-state index is 12.3. The molecule has 0 saturated carbocycles. The second-order valence-electron chi connectivity index (χ2n) is 3.98. The van der Waals surface area contributed by atoms with Gasteiger partial charge in [0.05, 0.1) is 7.11 Å². The van der Waals surface area contributed by atoms with Gasteiger partial charge in [-0.3, -0.25) is 0 Å². The van der Waals surface area contributed by atoms with Crippen LogP contribution in [0.3, 0.4) is 0 Å². The highest BCUT2D eigenvalue weighted by Gasteiger charge is 2.19. The standard InChI is InChI=1S/C12H15F2NO2/c1-16-10-3-2-8(9-4-5-15-7-9)6-11(10)17-12(13)14/h2-3,6,9,12,15H,4-5,7H2,1H3. The second-order valence-corrected chi connectivity index (χ2v) is 3.98. The van der Waals surface area contributed by atoms with E-state index in [2.05, 4.69) is 10.1 Å². The molecular weight excluding hydrogens is 228 g/mol. The summed E-state index contributed by atoms with van der Waals surface area (Å²) in [7, 11) is 1.43. The maximum atomic E-state index is 12.3. The fraction of sp³-hybridized carbons (Fsp3) is 0.500. The molecule has 1 heterocycles. The van der Waals surface area contributed by atoms with Gasteiger partial charge in [-0.1, -0.05) is 6.07 Å². The third kappa shape index (κ3) is 2.85. The van der Waals surface area contributed by atoms with Crippen LogP contribution in [0.4, 0.5) is 8.78 Å². The lowest BCUT2D eigenvalue weighted by molar-refractivity contribution is -0.0512. The molecule has 0 spiro atoms. The molecule has 0 bridgehead atoms. The molecule has 1 aliphatic heterocycles. The molecule has 3 nitrogen and oxygen atoms in total. The first-order valence-corrected chi connectivity index (χ1v) is 5.54. The average Bonchev–Trinajstić information content (AvgIpc) is 2.81. The molecule has 1 N–H and O–H groups in total. The van der Waals surface area contributed by atoms with Gasteiger partial charge in [0, 0.05) is 6.54 Å². The van der Waals surface area contributed by atoms with Crippen molar-refractivity contribution in [3.63, 3.8) is 0 Å². The summed E-state index contributed by atoms with van der Waals surface area (Å²) >= 11 is 0. The SMILES string of the molecule is COc1ccc(C2CCNC2)cc1OC(F)F. The van der Waals surface area contributed by atoms with Crippen LogP contribution in [0.15, 0.2) is 18.2 Å². The maximum Gasteiger partial charge on any atom is 0.387 e. The van der Waals surface area contributed by atoms with E-state index in [-0.39, 0.29) is 5.75 Å². The van der Waals surface area contributed by atoms with E-state index in [4.69, 9.17) is 4.74 Å². The van der Waals surface area contributed by atoms with Crippen molar-refractivity contribution in [2.24, 2.45) is 0 Å². The van der Waals surface area contributed by atoms with Gasteiger partial charge in [0.2, 0.25) is 0 Å². The Bertz CT molecular complexity index is 379. The van der Waals surface area contributed by atoms with Gasteiger partial charge in [0.1, 0.15) is 0 Å². The zero-order valence-electron chi connectivity index (χ0n) is 9.58. The number of alkyl halides is 2. The molecule has 0 amide bonds. The average molecular weight is 243 g/mol. The molecule has 1 fully saturated rings. The zero-order valence-corrected chi connectivity index (χ0v) is 9.58. The van der Waals surface area contributed by atoms with Crippen molar-refractivity contribution in [3.05, 3.63) is 23.8 Å². The molecular formula is C12H15F2NO2. The Balaban J connectivity index is 2.23. The summed E-state index contributed by atoms with van der Waals surface area (Å²) < 4.78 is 34.0. The molecule has 2 rings (SSSR count). The summed E-state index contributed by atoms with van der Waals surface area (Å²) in [6.45, 7) is -0.997. The minimum atomic E-state index is -2.83. The number of hydrogen-bond acceptors (Lipinski definition) is 3. The van der Waals surface area contributed by atoms with Gasteiger partial charge in [0.25, 0.3) is 0 Å². The van der Waals surface area contributed by atoms with Crippen molar-refractivity contribution in [1.82, 2.24) is 5.32 Å². The Labute approximate surface area is 98.7 Å². The minimum Gasteiger partial charge on any atom is -0.493 e. The Kier molecular flexibility index (Phi) is 3.78. The highest BCUT2D eigenvalue weighted by atomic mass is 19.3. The fourth-order valence-corrected chi connectivity index (χ4v) is 2.07. The van der Waals surface area contributed by atoms with E-state index >= 15 is 0 Å². The van der Waals surface area contributed by atoms with Crippen molar-refractivity contribution < 1.29 is 18.3 Å². The van der Waals surface area contributed by atoms with E-state index in [0.717, 1.165) is 25.1 Å². The lowest BCUT2D eigenvalue weighted by Gasteiger charge is -2.14. The Morgan fingerprint density at radius 1 is 1.35 bits per heavy atom. The molecule has 0 radical (unpaired) electrons. The highest BCUT2D eigenvalue weighted by Crippen LogP contribution is 2.33. The molecule has 1 aliphatic rings. The van der Waals surface area contributed by atoms with E-state index in [1.807, 2.05) is 6.07 Å². The van der Waals surface area contributed by atoms with Crippen molar-refractivity contribution >= 4 is 0 Å². The minimum absolute atomic E-state index is 0.104. The number of benzene rings is 1. The first-order chi connectivity index (χ1) is 8.20. The summed E-state index contributed by atoms with van der Waals surface area (Å²) in [5.74, 6) is 0.799. The van der Waals surface area contributed by atoms with Gasteiger partial charge in [-0.25, -0.2) is 0 Å². The van der Waals surface area contributed by atoms with Crippen molar-refractivity contribution in [1.29, 1.82) is 0 Å². The van der Waals surface area contributed by atoms with E-state index < -0.39 is 6.61 Å². The van der Waals surface area contributed by atoms with Crippen LogP contribution in [0.1, 0.15) is 17.9 Å². The summed E-state index contributed by atoms with van der Waals surface area (Å²) in [4.78, 5) is 0. The molecule has 0 aromatic heterocycles. The molecule has 1 aromatic carbocycles. The molecule has 17 heavy (non-hydrogen) atoms. The predicted molar refractivity (Wildman–Crippen MR) is 59.9 cm³/mol. The van der Waals surface area contributed by atoms with Crippen LogP contribution in [-0.2, 0) is 0 Å². The molecule has 94 valence electrons. The van der Waals surface area contributed by atoms with E-state index in [0.29, 0.717) is 11.7 Å². The number of methoxy groups -OCH3 is 1. The van der Waals surface area contributed by atoms with Crippen LogP contribution in [-0.4, -0.2) is 26.8 Å². The Hall–Kier alpha value is -1.36. The van der Waals surface area contributed by atoms with Crippen LogP contribution < -0.4 is 14.8 Å². The molecule has 5 heteroatoms. The number of nitrogens with one attached hydrogen (secondary N) is 1. The van der Waals surface area contributed by atoms with Gasteiger partial charge in [0.15, 0.2) is 11.5 Å². The second kappa shape index (κ2) is 5.31. The van der Waals surface area contributed by atoms with Gasteiger partial charge in [-0.05, 0) is 36.6 Å². The number of hydrogen-bond donors (Lipinski definition) is 1. The van der Waals surface area contributed by atoms with Crippen molar-refractivity contribution in [3.8, 4) is 11.5 Å². The van der Waals surface area contributed by atoms with Crippen LogP contribution in [0.25, 0.3) is 0 Å². The molecule has 0 aliphatic carbocycles. The first kappa shape index (κ1) is 12.1. The predicted octanol–water partition coefficient (Wildman–Crippen LogP) is 2.37. The summed E-state index contributed by atoms with van der Waals surface area (Å²) in [5, 5.41) is 3.24. The third-order valence-corrected chi connectivity index (χ3v) is 2.94. The molecule has 1 unspecified atom stereocenters. The first-order valence-electron chi connectivity index (χ1n) is 5.54. The zero-order chi connectivity index (χ0) is 12.3. The number of ether oxygens (including phenoxy) is 2. The molecule has 1 aromatic rings. The number of rotatable bonds is 4. The number of halogens is 2. The van der Waals surface area contributed by atoms with Crippen LogP contribution in [0, 0.1) is 0 Å². The van der Waals surface area contributed by atoms with E-state index in [1.165, 1.54) is 7.11 Å². The fourth-order valence-electron chi connectivity index (χ4n) is 2.07. The molecule has 1 saturated heterocycles. The summed E-state index contributed by atoms with van der Waals surface area (Å²) in [6.07, 6.45) is 1.01. The molecule has 1 atom stereocenters. The van der Waals surface area contributed by atoms with E-state index in [1.54, 1.807) is 12.1 Å². The van der Waals surface area contributed by atoms with Gasteiger partial charge in [-0.2, -0.15) is 8.78 Å². The Morgan fingerprint density at radius 3 is 2.76 bits per heavy atom. The van der Waals surface area contributed by atoms with Crippen LogP contribution in [0.5, 0.6) is 11.5 Å². The Morgan fingerprint density at radius 2 is 2.18 bits per heavy atom. The quantitative estimate of drug-likeness (QED) is 0.880. The monoisotopic (exact) mass is 243 g/mol. The lowest BCUT2D eigenvalue weighted by atomic mass is 9.98. The van der Waals surface area contributed by atoms with Gasteiger partial charge in [-0.15, -0.1) is 0 Å². The van der Waals surface area contributed by atoms with Crippen LogP contribution in [0.2, 0.25) is 0 Å². The van der Waals surface area contributed by atoms with Crippen LogP contribution >= 0.6 is 0 Å². The lowest BCUT2D eigenvalue weighted by Crippen LogP contribution is -2.09. The van der Waals surface area contributed by atoms with E-state index in [9.17, 15) is 8.78 Å². The normalized spacial score (nSPS) is 19.6. The van der Waals surface area contributed by atoms with Crippen molar-refractivity contribution in [2.45, 2.75) is 19.0 Å². The largest absolute Gasteiger partial charge is 0.493 e. The summed E-state index contributed by atoms with van der Waals surface area (Å²) in [5.41, 5.74) is 1.01. The smallest absolute Gasteiger partial charge is 0.387 e. The topological polar surface area (TPSA) is 30.5 Å². The van der Waals surface area contributed by atoms with Gasteiger partial charge >= 0.3 is 6.61 Å².